The maximum Gasteiger partial charge on any atom is 0.137 e. The van der Waals surface area contributed by atoms with Crippen LogP contribution in [-0.2, 0) is 0 Å². The standard InChI is InChI=1S/C43H30N2/c1-3-14-31(15-4-1)33-16-13-17-34(30-33)43-39-22-9-7-20-37(39)42(38-21-8-10-23-40(38)43)32-25-27-36(28-26-32)45(35-18-5-2-6-19-35)41-24-11-12-29-44-41/h1-30H. The predicted molar refractivity (Wildman–Crippen MR) is 190 cm³/mol. The summed E-state index contributed by atoms with van der Waals surface area (Å²) in [6, 6.07) is 62.6. The van der Waals surface area contributed by atoms with Crippen molar-refractivity contribution in [3.05, 3.63) is 182 Å². The third-order valence-electron chi connectivity index (χ3n) is 8.50. The van der Waals surface area contributed by atoms with Gasteiger partial charge >= 0.3 is 0 Å². The zero-order chi connectivity index (χ0) is 30.0. The van der Waals surface area contributed by atoms with E-state index in [0.29, 0.717) is 0 Å². The summed E-state index contributed by atoms with van der Waals surface area (Å²) >= 11 is 0. The Kier molecular flexibility index (Phi) is 6.86. The summed E-state index contributed by atoms with van der Waals surface area (Å²) < 4.78 is 0. The Morgan fingerprint density at radius 3 is 1.42 bits per heavy atom. The lowest BCUT2D eigenvalue weighted by Crippen LogP contribution is -2.11. The van der Waals surface area contributed by atoms with Crippen LogP contribution in [0.5, 0.6) is 0 Å². The first-order valence-electron chi connectivity index (χ1n) is 15.3. The maximum atomic E-state index is 4.68. The van der Waals surface area contributed by atoms with E-state index >= 15 is 0 Å². The van der Waals surface area contributed by atoms with Crippen LogP contribution in [0.4, 0.5) is 17.2 Å². The van der Waals surface area contributed by atoms with Crippen LogP contribution in [0.3, 0.4) is 0 Å². The van der Waals surface area contributed by atoms with E-state index in [-0.39, 0.29) is 0 Å². The molecule has 0 spiro atoms. The molecule has 2 heteroatoms. The Bertz CT molecular complexity index is 2140. The van der Waals surface area contributed by atoms with Crippen molar-refractivity contribution in [3.63, 3.8) is 0 Å². The van der Waals surface area contributed by atoms with Gasteiger partial charge in [0.15, 0.2) is 0 Å². The zero-order valence-corrected chi connectivity index (χ0v) is 24.7. The molecule has 212 valence electrons. The molecule has 0 radical (unpaired) electrons. The Labute approximate surface area is 263 Å². The fourth-order valence-electron chi connectivity index (χ4n) is 6.49. The van der Waals surface area contributed by atoms with Crippen molar-refractivity contribution in [2.75, 3.05) is 4.90 Å². The van der Waals surface area contributed by atoms with Crippen LogP contribution in [0.1, 0.15) is 0 Å². The van der Waals surface area contributed by atoms with Gasteiger partial charge in [0.05, 0.1) is 0 Å². The third kappa shape index (κ3) is 4.93. The number of pyridine rings is 1. The predicted octanol–water partition coefficient (Wildman–Crippen LogP) is 11.9. The zero-order valence-electron chi connectivity index (χ0n) is 24.7. The smallest absolute Gasteiger partial charge is 0.137 e. The number of anilines is 3. The molecule has 0 aliphatic rings. The Hall–Kier alpha value is -5.99. The van der Waals surface area contributed by atoms with Gasteiger partial charge in [-0.15, -0.1) is 0 Å². The molecule has 0 amide bonds. The van der Waals surface area contributed by atoms with Crippen LogP contribution in [0.2, 0.25) is 0 Å². The van der Waals surface area contributed by atoms with Gasteiger partial charge < -0.3 is 0 Å². The van der Waals surface area contributed by atoms with Crippen molar-refractivity contribution in [1.29, 1.82) is 0 Å². The second kappa shape index (κ2) is 11.6. The molecule has 0 atom stereocenters. The molecule has 0 fully saturated rings. The van der Waals surface area contributed by atoms with Crippen molar-refractivity contribution in [2.45, 2.75) is 0 Å². The van der Waals surface area contributed by atoms with Crippen molar-refractivity contribution < 1.29 is 0 Å². The summed E-state index contributed by atoms with van der Waals surface area (Å²) in [6.07, 6.45) is 1.84. The first-order chi connectivity index (χ1) is 22.3. The SMILES string of the molecule is c1ccc(-c2cccc(-c3c4ccccc4c(-c4ccc(N(c5ccccc5)c5ccccn5)cc4)c4ccccc34)c2)cc1. The van der Waals surface area contributed by atoms with Gasteiger partial charge in [-0.1, -0.05) is 133 Å². The average Bonchev–Trinajstić information content (AvgIpc) is 3.12. The normalized spacial score (nSPS) is 11.1. The number of nitrogens with zero attached hydrogens (tertiary/aromatic N) is 2. The summed E-state index contributed by atoms with van der Waals surface area (Å²) in [7, 11) is 0. The lowest BCUT2D eigenvalue weighted by molar-refractivity contribution is 1.18. The third-order valence-corrected chi connectivity index (χ3v) is 8.50. The Balaban J connectivity index is 1.30. The van der Waals surface area contributed by atoms with Crippen LogP contribution in [0.25, 0.3) is 54.9 Å². The summed E-state index contributed by atoms with van der Waals surface area (Å²) in [5.74, 6) is 0.884. The summed E-state index contributed by atoms with van der Waals surface area (Å²) in [4.78, 5) is 6.88. The molecular weight excluding hydrogens is 544 g/mol. The van der Waals surface area contributed by atoms with Crippen LogP contribution in [0.15, 0.2) is 182 Å². The van der Waals surface area contributed by atoms with Crippen LogP contribution < -0.4 is 4.90 Å². The van der Waals surface area contributed by atoms with Gasteiger partial charge in [-0.3, -0.25) is 4.90 Å². The number of aromatic nitrogens is 1. The highest BCUT2D eigenvalue weighted by atomic mass is 15.2. The first-order valence-corrected chi connectivity index (χ1v) is 15.3. The number of para-hydroxylation sites is 1. The van der Waals surface area contributed by atoms with Gasteiger partial charge in [-0.05, 0) is 97.4 Å². The highest BCUT2D eigenvalue weighted by Crippen LogP contribution is 2.45. The van der Waals surface area contributed by atoms with E-state index in [2.05, 4.69) is 162 Å². The number of fused-ring (bicyclic) bond motifs is 2. The highest BCUT2D eigenvalue weighted by molar-refractivity contribution is 6.21. The lowest BCUT2D eigenvalue weighted by atomic mass is 9.85. The molecular formula is C43H30N2. The van der Waals surface area contributed by atoms with E-state index in [4.69, 9.17) is 0 Å². The minimum atomic E-state index is 0.884. The summed E-state index contributed by atoms with van der Waals surface area (Å²) in [5, 5.41) is 4.99. The number of rotatable bonds is 6. The Morgan fingerprint density at radius 2 is 0.822 bits per heavy atom. The molecule has 0 saturated heterocycles. The average molecular weight is 575 g/mol. The van der Waals surface area contributed by atoms with Crippen molar-refractivity contribution in [1.82, 2.24) is 4.98 Å². The minimum Gasteiger partial charge on any atom is -0.295 e. The number of hydrogen-bond donors (Lipinski definition) is 0. The van der Waals surface area contributed by atoms with E-state index in [1.54, 1.807) is 0 Å². The van der Waals surface area contributed by atoms with Gasteiger partial charge in [-0.25, -0.2) is 4.98 Å². The van der Waals surface area contributed by atoms with Crippen LogP contribution >= 0.6 is 0 Å². The fraction of sp³-hybridized carbons (Fsp3) is 0. The molecule has 8 aromatic rings. The van der Waals surface area contributed by atoms with Gasteiger partial charge in [-0.2, -0.15) is 0 Å². The van der Waals surface area contributed by atoms with E-state index in [0.717, 1.165) is 17.2 Å². The molecule has 1 heterocycles. The topological polar surface area (TPSA) is 16.1 Å². The van der Waals surface area contributed by atoms with Gasteiger partial charge in [0.2, 0.25) is 0 Å². The van der Waals surface area contributed by atoms with Crippen LogP contribution in [-0.4, -0.2) is 4.98 Å². The molecule has 1 aromatic heterocycles. The number of hydrogen-bond acceptors (Lipinski definition) is 2. The molecule has 7 aromatic carbocycles. The Morgan fingerprint density at radius 1 is 0.333 bits per heavy atom. The van der Waals surface area contributed by atoms with E-state index in [1.807, 2.05) is 30.5 Å². The first kappa shape index (κ1) is 26.6. The molecule has 0 aliphatic heterocycles. The van der Waals surface area contributed by atoms with Crippen molar-refractivity contribution in [2.24, 2.45) is 0 Å². The van der Waals surface area contributed by atoms with Crippen LogP contribution in [0, 0.1) is 0 Å². The summed E-state index contributed by atoms with van der Waals surface area (Å²) in [6.45, 7) is 0. The number of benzene rings is 7. The van der Waals surface area contributed by atoms with Gasteiger partial charge in [0.25, 0.3) is 0 Å². The highest BCUT2D eigenvalue weighted by Gasteiger charge is 2.18. The van der Waals surface area contributed by atoms with E-state index in [1.165, 1.54) is 54.9 Å². The second-order valence-corrected chi connectivity index (χ2v) is 11.2. The van der Waals surface area contributed by atoms with Crippen molar-refractivity contribution >= 4 is 38.7 Å². The molecule has 0 saturated carbocycles. The van der Waals surface area contributed by atoms with Crippen molar-refractivity contribution in [3.8, 4) is 33.4 Å². The molecule has 2 nitrogen and oxygen atoms in total. The van der Waals surface area contributed by atoms with E-state index < -0.39 is 0 Å². The molecule has 0 unspecified atom stereocenters. The summed E-state index contributed by atoms with van der Waals surface area (Å²) in [5.41, 5.74) is 9.50. The molecule has 0 N–H and O–H groups in total. The molecule has 0 bridgehead atoms. The molecule has 45 heavy (non-hydrogen) atoms. The van der Waals surface area contributed by atoms with Gasteiger partial charge in [0, 0.05) is 17.6 Å². The maximum absolute atomic E-state index is 4.68. The minimum absolute atomic E-state index is 0.884. The fourth-order valence-corrected chi connectivity index (χ4v) is 6.49. The largest absolute Gasteiger partial charge is 0.295 e. The van der Waals surface area contributed by atoms with E-state index in [9.17, 15) is 0 Å². The quantitative estimate of drug-likeness (QED) is 0.184. The molecule has 8 rings (SSSR count). The van der Waals surface area contributed by atoms with Gasteiger partial charge in [0.1, 0.15) is 5.82 Å². The molecule has 0 aliphatic carbocycles. The lowest BCUT2D eigenvalue weighted by Gasteiger charge is -2.24. The monoisotopic (exact) mass is 574 g/mol. The second-order valence-electron chi connectivity index (χ2n) is 11.2.